The lowest BCUT2D eigenvalue weighted by Crippen LogP contribution is -2.28. The molecule has 5 unspecified atom stereocenters. The molecule has 0 radical (unpaired) electrons. The summed E-state index contributed by atoms with van der Waals surface area (Å²) in [5.74, 6) is -0.704. The number of hydrogen-bond donors (Lipinski definition) is 1. The molecule has 2 aromatic rings. The van der Waals surface area contributed by atoms with Crippen LogP contribution in [0.5, 0.6) is 0 Å². The van der Waals surface area contributed by atoms with Crippen LogP contribution in [0.3, 0.4) is 0 Å². The number of halogens is 4. The van der Waals surface area contributed by atoms with Gasteiger partial charge in [-0.15, -0.1) is 11.3 Å². The molecule has 2 aromatic heterocycles. The van der Waals surface area contributed by atoms with Gasteiger partial charge in [0.25, 0.3) is 0 Å². The minimum atomic E-state index is -4.27. The Bertz CT molecular complexity index is 1060. The summed E-state index contributed by atoms with van der Waals surface area (Å²) in [6, 6.07) is 3.49. The Labute approximate surface area is 208 Å². The maximum absolute atomic E-state index is 13.5. The van der Waals surface area contributed by atoms with Crippen molar-refractivity contribution in [3.8, 4) is 10.6 Å². The molecule has 11 heteroatoms. The predicted octanol–water partition coefficient (Wildman–Crippen LogP) is 5.59. The van der Waals surface area contributed by atoms with Crippen LogP contribution in [-0.2, 0) is 21.0 Å². The molecule has 0 aliphatic heterocycles. The number of aromatic nitrogens is 2. The highest BCUT2D eigenvalue weighted by Crippen LogP contribution is 2.65. The van der Waals surface area contributed by atoms with Gasteiger partial charge in [-0.05, 0) is 24.8 Å². The van der Waals surface area contributed by atoms with Crippen molar-refractivity contribution in [1.29, 1.82) is 0 Å². The standard InChI is InChI=1S/C23H29ClF3N2O3S2/c1-4-14(13-34(32)11-7-9-23(25,26)27)18(30)17-16(5-2)22(17,3)19-20(24)28-21(33-19)15-8-6-10-29(31)12-15/h6,8,10,12,14,16-17,31H,4-5,7,9,11,13H2,1-3H3/q+1. The van der Waals surface area contributed by atoms with Gasteiger partial charge in [-0.25, -0.2) is 4.98 Å². The van der Waals surface area contributed by atoms with Crippen LogP contribution in [0.25, 0.3) is 10.6 Å². The van der Waals surface area contributed by atoms with Gasteiger partial charge < -0.3 is 0 Å². The number of nitrogens with zero attached hydrogens (tertiary/aromatic N) is 2. The first-order valence-corrected chi connectivity index (χ1v) is 13.9. The fraction of sp³-hybridized carbons (Fsp3) is 0.609. The molecule has 34 heavy (non-hydrogen) atoms. The second-order valence-corrected chi connectivity index (χ2v) is 11.9. The van der Waals surface area contributed by atoms with Gasteiger partial charge in [0.05, 0.1) is 10.4 Å². The number of hydrogen-bond acceptors (Lipinski definition) is 5. The summed E-state index contributed by atoms with van der Waals surface area (Å²) < 4.78 is 50.5. The van der Waals surface area contributed by atoms with E-state index in [0.717, 1.165) is 16.0 Å². The minimum Gasteiger partial charge on any atom is -0.299 e. The van der Waals surface area contributed by atoms with Gasteiger partial charge in [0, 0.05) is 56.8 Å². The number of pyridine rings is 1. The van der Waals surface area contributed by atoms with Crippen LogP contribution in [0.15, 0.2) is 24.5 Å². The summed E-state index contributed by atoms with van der Waals surface area (Å²) in [4.78, 5) is 18.8. The third-order valence-electron chi connectivity index (χ3n) is 6.68. The molecule has 0 saturated heterocycles. The van der Waals surface area contributed by atoms with Crippen LogP contribution in [0.2, 0.25) is 5.15 Å². The van der Waals surface area contributed by atoms with E-state index in [1.807, 2.05) is 26.8 Å². The van der Waals surface area contributed by atoms with E-state index < -0.39 is 34.7 Å². The summed E-state index contributed by atoms with van der Waals surface area (Å²) in [5.41, 5.74) is 0.192. The number of Topliss-reactive ketones (excluding diaryl/α,β-unsaturated/α-hetero) is 1. The van der Waals surface area contributed by atoms with E-state index in [1.54, 1.807) is 6.07 Å². The van der Waals surface area contributed by atoms with Crippen molar-refractivity contribution in [2.24, 2.45) is 17.8 Å². The zero-order valence-corrected chi connectivity index (χ0v) is 21.7. The Morgan fingerprint density at radius 3 is 2.71 bits per heavy atom. The topological polar surface area (TPSA) is 71.1 Å². The average molecular weight is 538 g/mol. The largest absolute Gasteiger partial charge is 0.389 e. The number of rotatable bonds is 11. The highest BCUT2D eigenvalue weighted by molar-refractivity contribution is 7.85. The van der Waals surface area contributed by atoms with Crippen molar-refractivity contribution in [2.75, 3.05) is 11.5 Å². The Balaban J connectivity index is 1.76. The summed E-state index contributed by atoms with van der Waals surface area (Å²) in [6.07, 6.45) is -1.19. The van der Waals surface area contributed by atoms with Gasteiger partial charge in [0.15, 0.2) is 0 Å². The zero-order chi connectivity index (χ0) is 25.3. The summed E-state index contributed by atoms with van der Waals surface area (Å²) in [6.45, 7) is 5.85. The Morgan fingerprint density at radius 2 is 2.12 bits per heavy atom. The third kappa shape index (κ3) is 5.82. The summed E-state index contributed by atoms with van der Waals surface area (Å²) in [5, 5.41) is 10.7. The van der Waals surface area contributed by atoms with Crippen molar-refractivity contribution < 1.29 is 32.1 Å². The molecule has 0 bridgehead atoms. The molecule has 1 N–H and O–H groups in total. The number of ketones is 1. The Morgan fingerprint density at radius 1 is 1.41 bits per heavy atom. The van der Waals surface area contributed by atoms with Crippen molar-refractivity contribution in [3.63, 3.8) is 0 Å². The molecule has 1 aliphatic rings. The maximum atomic E-state index is 13.5. The maximum Gasteiger partial charge on any atom is 0.389 e. The second kappa shape index (κ2) is 10.6. The van der Waals surface area contributed by atoms with Crippen LogP contribution in [0, 0.1) is 17.8 Å². The van der Waals surface area contributed by atoms with Crippen LogP contribution < -0.4 is 4.73 Å². The SMILES string of the molecule is CCC(CS(=O)CCCC(F)(F)F)C(=O)C1C(CC)C1(C)c1sc(-c2ccc[n+](O)c2)nc1Cl. The lowest BCUT2D eigenvalue weighted by molar-refractivity contribution is -0.904. The highest BCUT2D eigenvalue weighted by Gasteiger charge is 2.66. The molecule has 3 rings (SSSR count). The molecular weight excluding hydrogens is 509 g/mol. The van der Waals surface area contributed by atoms with Gasteiger partial charge in [0.2, 0.25) is 12.4 Å². The lowest BCUT2D eigenvalue weighted by atomic mass is 9.94. The van der Waals surface area contributed by atoms with Crippen LogP contribution >= 0.6 is 22.9 Å². The number of thiazole rings is 1. The zero-order valence-electron chi connectivity index (χ0n) is 19.3. The molecule has 0 amide bonds. The van der Waals surface area contributed by atoms with Gasteiger partial charge in [-0.2, -0.15) is 13.2 Å². The average Bonchev–Trinajstić information content (AvgIpc) is 3.16. The molecule has 5 atom stereocenters. The quantitative estimate of drug-likeness (QED) is 0.300. The smallest absolute Gasteiger partial charge is 0.299 e. The molecule has 0 aromatic carbocycles. The highest BCUT2D eigenvalue weighted by atomic mass is 35.5. The van der Waals surface area contributed by atoms with Gasteiger partial charge >= 0.3 is 6.18 Å². The lowest BCUT2D eigenvalue weighted by Gasteiger charge is -2.16. The predicted molar refractivity (Wildman–Crippen MR) is 127 cm³/mol. The van der Waals surface area contributed by atoms with E-state index in [2.05, 4.69) is 4.98 Å². The van der Waals surface area contributed by atoms with E-state index >= 15 is 0 Å². The molecule has 1 saturated carbocycles. The van der Waals surface area contributed by atoms with Crippen LogP contribution in [0.4, 0.5) is 13.2 Å². The van der Waals surface area contributed by atoms with Gasteiger partial charge in [0.1, 0.15) is 15.9 Å². The normalized spacial score (nSPS) is 24.1. The number of alkyl halides is 3. The molecule has 0 spiro atoms. The van der Waals surface area contributed by atoms with Crippen molar-refractivity contribution in [3.05, 3.63) is 34.6 Å². The summed E-state index contributed by atoms with van der Waals surface area (Å²) in [7, 11) is -1.49. The van der Waals surface area contributed by atoms with Crippen molar-refractivity contribution in [1.82, 2.24) is 4.98 Å². The molecule has 188 valence electrons. The van der Waals surface area contributed by atoms with Crippen molar-refractivity contribution >= 4 is 39.5 Å². The first kappa shape index (κ1) is 27.1. The van der Waals surface area contributed by atoms with Gasteiger partial charge in [-0.3, -0.25) is 14.2 Å². The molecule has 2 heterocycles. The van der Waals surface area contributed by atoms with E-state index in [1.165, 1.54) is 23.7 Å². The van der Waals surface area contributed by atoms with Gasteiger partial charge in [-0.1, -0.05) is 38.8 Å². The molecular formula is C23H29ClF3N2O3S2+. The second-order valence-electron chi connectivity index (χ2n) is 8.92. The van der Waals surface area contributed by atoms with Crippen molar-refractivity contribution in [2.45, 2.75) is 58.0 Å². The molecule has 1 aliphatic carbocycles. The Hall–Kier alpha value is -1.52. The molecule has 1 fully saturated rings. The minimum absolute atomic E-state index is 0.0000471. The summed E-state index contributed by atoms with van der Waals surface area (Å²) >= 11 is 7.91. The van der Waals surface area contributed by atoms with E-state index in [0.29, 0.717) is 22.1 Å². The van der Waals surface area contributed by atoms with E-state index in [-0.39, 0.29) is 35.5 Å². The fourth-order valence-corrected chi connectivity index (χ4v) is 7.94. The van der Waals surface area contributed by atoms with Crippen LogP contribution in [-0.4, -0.2) is 37.9 Å². The monoisotopic (exact) mass is 537 g/mol. The van der Waals surface area contributed by atoms with Crippen LogP contribution in [0.1, 0.15) is 51.3 Å². The first-order chi connectivity index (χ1) is 15.9. The number of carbonyl (C=O) groups excluding carboxylic acids is 1. The van der Waals surface area contributed by atoms with E-state index in [9.17, 15) is 27.4 Å². The third-order valence-corrected chi connectivity index (χ3v) is 9.94. The van der Waals surface area contributed by atoms with E-state index in [4.69, 9.17) is 11.6 Å². The number of carbonyl (C=O) groups is 1. The first-order valence-electron chi connectivity index (χ1n) is 11.3. The Kier molecular flexibility index (Phi) is 8.46. The molecule has 5 nitrogen and oxygen atoms in total. The fourth-order valence-electron chi connectivity index (χ4n) is 4.81.